The topological polar surface area (TPSA) is 98.4 Å². The van der Waals surface area contributed by atoms with Gasteiger partial charge in [-0.1, -0.05) is 17.7 Å². The fourth-order valence-electron chi connectivity index (χ4n) is 3.16. The summed E-state index contributed by atoms with van der Waals surface area (Å²) in [5.41, 5.74) is 1.42. The van der Waals surface area contributed by atoms with E-state index in [1.807, 2.05) is 6.92 Å². The zero-order valence-corrected chi connectivity index (χ0v) is 18.8. The van der Waals surface area contributed by atoms with E-state index >= 15 is 0 Å². The smallest absolute Gasteiger partial charge is 0.291 e. The molecule has 2 aromatic heterocycles. The Morgan fingerprint density at radius 3 is 2.56 bits per heavy atom. The first-order valence-corrected chi connectivity index (χ1v) is 10.7. The number of carbonyl (C=O) groups excluding carboxylic acids is 2. The number of aryl methyl sites for hydroxylation is 1. The van der Waals surface area contributed by atoms with Crippen LogP contribution in [0.1, 0.15) is 33.7 Å². The normalized spacial score (nSPS) is 10.7. The summed E-state index contributed by atoms with van der Waals surface area (Å²) in [4.78, 5) is 25.1. The Kier molecular flexibility index (Phi) is 6.93. The first kappa shape index (κ1) is 23.1. The van der Waals surface area contributed by atoms with E-state index in [1.54, 1.807) is 47.3 Å². The molecule has 0 saturated carbocycles. The molecule has 2 N–H and O–H groups in total. The fourth-order valence-corrected chi connectivity index (χ4v) is 3.38. The molecule has 4 aromatic rings. The van der Waals surface area contributed by atoms with Crippen LogP contribution in [0.5, 0.6) is 5.75 Å². The molecule has 0 saturated heterocycles. The molecule has 2 aromatic carbocycles. The Bertz CT molecular complexity index is 1330. The first-order chi connectivity index (χ1) is 16.4. The highest BCUT2D eigenvalue weighted by Gasteiger charge is 2.14. The predicted molar refractivity (Wildman–Crippen MR) is 125 cm³/mol. The summed E-state index contributed by atoms with van der Waals surface area (Å²) in [7, 11) is 0. The second-order valence-corrected chi connectivity index (χ2v) is 7.56. The molecule has 2 amide bonds. The zero-order chi connectivity index (χ0) is 24.1. The Morgan fingerprint density at radius 1 is 1.06 bits per heavy atom. The minimum atomic E-state index is -0.474. The summed E-state index contributed by atoms with van der Waals surface area (Å²) in [6.45, 7) is 2.47. The van der Waals surface area contributed by atoms with Crippen LogP contribution in [0.4, 0.5) is 15.8 Å². The van der Waals surface area contributed by atoms with Crippen LogP contribution in [0, 0.1) is 5.82 Å². The Balaban J connectivity index is 1.36. The van der Waals surface area contributed by atoms with Crippen LogP contribution in [0.15, 0.2) is 71.3 Å². The molecule has 0 spiro atoms. The van der Waals surface area contributed by atoms with E-state index in [-0.39, 0.29) is 23.3 Å². The maximum atomic E-state index is 13.1. The van der Waals surface area contributed by atoms with Gasteiger partial charge in [-0.05, 0) is 61.5 Å². The number of anilines is 2. The molecule has 34 heavy (non-hydrogen) atoms. The van der Waals surface area contributed by atoms with E-state index in [4.69, 9.17) is 20.8 Å². The highest BCUT2D eigenvalue weighted by molar-refractivity contribution is 6.32. The van der Waals surface area contributed by atoms with Crippen molar-refractivity contribution in [3.8, 4) is 5.75 Å². The summed E-state index contributed by atoms with van der Waals surface area (Å²) < 4.78 is 25.8. The Hall–Kier alpha value is -4.11. The molecular formula is C24H20ClFN4O4. The number of aromatic nitrogens is 2. The molecule has 0 atom stereocenters. The monoisotopic (exact) mass is 482 g/mol. The van der Waals surface area contributed by atoms with Gasteiger partial charge in [0.1, 0.15) is 29.6 Å². The van der Waals surface area contributed by atoms with Gasteiger partial charge in [0.15, 0.2) is 5.76 Å². The first-order valence-electron chi connectivity index (χ1n) is 10.3. The highest BCUT2D eigenvalue weighted by atomic mass is 35.5. The molecule has 0 aliphatic heterocycles. The Morgan fingerprint density at radius 2 is 1.82 bits per heavy atom. The lowest BCUT2D eigenvalue weighted by Crippen LogP contribution is -2.17. The summed E-state index contributed by atoms with van der Waals surface area (Å²) >= 11 is 5.94. The van der Waals surface area contributed by atoms with Crippen LogP contribution >= 0.6 is 11.6 Å². The van der Waals surface area contributed by atoms with Crippen molar-refractivity contribution in [1.29, 1.82) is 0 Å². The van der Waals surface area contributed by atoms with Crippen molar-refractivity contribution in [2.24, 2.45) is 0 Å². The number of furan rings is 1. The number of ether oxygens (including phenoxy) is 1. The summed E-state index contributed by atoms with van der Waals surface area (Å²) in [6, 6.07) is 15.3. The number of halogens is 2. The largest absolute Gasteiger partial charge is 0.484 e. The van der Waals surface area contributed by atoms with Crippen molar-refractivity contribution in [3.05, 3.63) is 94.9 Å². The lowest BCUT2D eigenvalue weighted by Gasteiger charge is -2.09. The highest BCUT2D eigenvalue weighted by Crippen LogP contribution is 2.26. The summed E-state index contributed by atoms with van der Waals surface area (Å²) in [5, 5.41) is 9.74. The molecule has 10 heteroatoms. The van der Waals surface area contributed by atoms with Crippen molar-refractivity contribution >= 4 is 34.8 Å². The molecule has 0 bridgehead atoms. The number of nitrogens with one attached hydrogen (secondary N) is 2. The molecule has 8 nitrogen and oxygen atoms in total. The van der Waals surface area contributed by atoms with E-state index in [0.717, 1.165) is 6.07 Å². The maximum Gasteiger partial charge on any atom is 0.291 e. The minimum absolute atomic E-state index is 0.00842. The third-order valence-corrected chi connectivity index (χ3v) is 5.07. The molecule has 0 unspecified atom stereocenters. The molecule has 0 aliphatic rings. The van der Waals surface area contributed by atoms with Crippen LogP contribution in [-0.4, -0.2) is 21.6 Å². The second-order valence-electron chi connectivity index (χ2n) is 7.15. The van der Waals surface area contributed by atoms with Crippen LogP contribution in [-0.2, 0) is 13.2 Å². The van der Waals surface area contributed by atoms with Gasteiger partial charge in [-0.15, -0.1) is 0 Å². The zero-order valence-electron chi connectivity index (χ0n) is 18.0. The molecule has 174 valence electrons. The van der Waals surface area contributed by atoms with E-state index in [9.17, 15) is 14.0 Å². The van der Waals surface area contributed by atoms with Gasteiger partial charge in [0.25, 0.3) is 11.8 Å². The van der Waals surface area contributed by atoms with Gasteiger partial charge in [0, 0.05) is 24.1 Å². The summed E-state index contributed by atoms with van der Waals surface area (Å²) in [5.74, 6) is -0.487. The molecule has 2 heterocycles. The van der Waals surface area contributed by atoms with Gasteiger partial charge in [-0.3, -0.25) is 14.3 Å². The van der Waals surface area contributed by atoms with E-state index in [0.29, 0.717) is 35.1 Å². The van der Waals surface area contributed by atoms with Gasteiger partial charge in [-0.2, -0.15) is 5.10 Å². The van der Waals surface area contributed by atoms with Crippen LogP contribution in [0.25, 0.3) is 0 Å². The predicted octanol–water partition coefficient (Wildman–Crippen LogP) is 5.37. The lowest BCUT2D eigenvalue weighted by molar-refractivity contribution is 0.0990. The van der Waals surface area contributed by atoms with E-state index < -0.39 is 11.7 Å². The molecule has 0 radical (unpaired) electrons. The van der Waals surface area contributed by atoms with Gasteiger partial charge >= 0.3 is 0 Å². The van der Waals surface area contributed by atoms with Crippen molar-refractivity contribution in [2.45, 2.75) is 20.1 Å². The maximum absolute atomic E-state index is 13.1. The second kappa shape index (κ2) is 10.2. The third-order valence-electron chi connectivity index (χ3n) is 4.78. The Labute approximate surface area is 199 Å². The third kappa shape index (κ3) is 5.44. The molecule has 0 fully saturated rings. The van der Waals surface area contributed by atoms with Gasteiger partial charge in [-0.25, -0.2) is 4.39 Å². The number of carbonyl (C=O) groups is 2. The van der Waals surface area contributed by atoms with Crippen molar-refractivity contribution < 1.29 is 23.1 Å². The number of hydrogen-bond acceptors (Lipinski definition) is 5. The SMILES string of the molecule is CCn1nccc1C(=O)Nc1cccc(NC(=O)c2ccc(COc3ccc(F)cc3Cl)o2)c1. The van der Waals surface area contributed by atoms with Gasteiger partial charge in [0.05, 0.1) is 5.02 Å². The number of amides is 2. The standard InChI is InChI=1S/C24H20ClFN4O4/c1-2-30-20(10-11-27-30)23(31)28-16-4-3-5-17(13-16)29-24(32)22-9-7-18(34-22)14-33-21-8-6-15(26)12-19(21)25/h3-13H,2,14H2,1H3,(H,28,31)(H,29,32). The van der Waals surface area contributed by atoms with Gasteiger partial charge in [0.2, 0.25) is 0 Å². The molecule has 4 rings (SSSR count). The van der Waals surface area contributed by atoms with Crippen molar-refractivity contribution in [1.82, 2.24) is 9.78 Å². The minimum Gasteiger partial charge on any atom is -0.484 e. The van der Waals surface area contributed by atoms with Gasteiger partial charge < -0.3 is 19.8 Å². The molecular weight excluding hydrogens is 463 g/mol. The van der Waals surface area contributed by atoms with Crippen molar-refractivity contribution in [2.75, 3.05) is 10.6 Å². The number of nitrogens with zero attached hydrogens (tertiary/aromatic N) is 2. The van der Waals surface area contributed by atoms with E-state index in [1.165, 1.54) is 18.2 Å². The summed E-state index contributed by atoms with van der Waals surface area (Å²) in [6.07, 6.45) is 1.56. The quantitative estimate of drug-likeness (QED) is 0.351. The van der Waals surface area contributed by atoms with Crippen LogP contribution in [0.3, 0.4) is 0 Å². The van der Waals surface area contributed by atoms with Crippen LogP contribution < -0.4 is 15.4 Å². The number of benzene rings is 2. The fraction of sp³-hybridized carbons (Fsp3) is 0.125. The van der Waals surface area contributed by atoms with Crippen LogP contribution in [0.2, 0.25) is 5.02 Å². The average molecular weight is 483 g/mol. The number of hydrogen-bond donors (Lipinski definition) is 2. The van der Waals surface area contributed by atoms with Crippen molar-refractivity contribution in [3.63, 3.8) is 0 Å². The lowest BCUT2D eigenvalue weighted by atomic mass is 10.2. The average Bonchev–Trinajstić information content (AvgIpc) is 3.48. The number of rotatable bonds is 8. The van der Waals surface area contributed by atoms with E-state index in [2.05, 4.69) is 15.7 Å². The molecule has 0 aliphatic carbocycles.